The van der Waals surface area contributed by atoms with E-state index in [2.05, 4.69) is 23.3 Å². The van der Waals surface area contributed by atoms with E-state index < -0.39 is 23.0 Å². The highest BCUT2D eigenvalue weighted by atomic mass is 32.1. The highest BCUT2D eigenvalue weighted by molar-refractivity contribution is 7.80. The van der Waals surface area contributed by atoms with Crippen molar-refractivity contribution in [1.29, 1.82) is 0 Å². The molecule has 1 spiro atoms. The number of benzene rings is 2. The molecule has 1 aliphatic carbocycles. The third kappa shape index (κ3) is 3.37. The number of carboxylic acid groups (broad SMARTS) is 1. The summed E-state index contributed by atoms with van der Waals surface area (Å²) in [7, 11) is 1.74. The predicted octanol–water partition coefficient (Wildman–Crippen LogP) is 4.05. The van der Waals surface area contributed by atoms with E-state index in [-0.39, 0.29) is 16.4 Å². The zero-order chi connectivity index (χ0) is 19.8. The fourth-order valence-electron chi connectivity index (χ4n) is 3.33. The Labute approximate surface area is 160 Å². The van der Waals surface area contributed by atoms with E-state index in [9.17, 15) is 23.5 Å². The van der Waals surface area contributed by atoms with Crippen molar-refractivity contribution in [3.63, 3.8) is 0 Å². The minimum atomic E-state index is -1.01. The van der Waals surface area contributed by atoms with Crippen molar-refractivity contribution in [3.05, 3.63) is 53.1 Å². The number of nitrogens with one attached hydrogen (secondary N) is 2. The molecule has 2 aromatic rings. The van der Waals surface area contributed by atoms with Crippen LogP contribution in [-0.4, -0.2) is 24.0 Å². The van der Waals surface area contributed by atoms with Gasteiger partial charge in [-0.1, -0.05) is 6.42 Å². The number of carbonyl (C=O) groups excluding carboxylic acids is 1. The van der Waals surface area contributed by atoms with Crippen molar-refractivity contribution in [2.75, 3.05) is 17.7 Å². The van der Waals surface area contributed by atoms with Crippen molar-refractivity contribution in [2.24, 2.45) is 0 Å². The number of halogens is 2. The summed E-state index contributed by atoms with van der Waals surface area (Å²) in [5.41, 5.74) is 1.73. The van der Waals surface area contributed by atoms with Crippen LogP contribution in [0.4, 0.5) is 20.2 Å². The lowest BCUT2D eigenvalue weighted by Crippen LogP contribution is -2.40. The van der Waals surface area contributed by atoms with Crippen molar-refractivity contribution < 1.29 is 23.5 Å². The SMILES string of the molecule is CNc1cc(C(=O)O)c2c(c1)C1(CCC1)C(=O)N2.Fc1ccc(S)c(F)c1. The van der Waals surface area contributed by atoms with E-state index in [1.165, 1.54) is 6.07 Å². The van der Waals surface area contributed by atoms with E-state index >= 15 is 0 Å². The molecule has 3 N–H and O–H groups in total. The standard InChI is InChI=1S/C13H14N2O3.C6H4F2S/c1-14-7-5-8(11(16)17)10-9(6-7)13(3-2-4-13)12(18)15-10;7-4-1-2-6(9)5(8)3-4/h5-6,14H,2-4H2,1H3,(H,15,18)(H,16,17);1-3,9H. The molecule has 1 amide bonds. The lowest BCUT2D eigenvalue weighted by molar-refractivity contribution is -0.123. The van der Waals surface area contributed by atoms with Crippen molar-refractivity contribution in [1.82, 2.24) is 0 Å². The van der Waals surface area contributed by atoms with E-state index in [1.54, 1.807) is 13.1 Å². The van der Waals surface area contributed by atoms with Crippen molar-refractivity contribution in [2.45, 2.75) is 29.6 Å². The van der Waals surface area contributed by atoms with Gasteiger partial charge in [0.15, 0.2) is 0 Å². The molecule has 8 heteroatoms. The number of carbonyl (C=O) groups is 2. The smallest absolute Gasteiger partial charge is 0.337 e. The van der Waals surface area contributed by atoms with E-state index in [4.69, 9.17) is 0 Å². The van der Waals surface area contributed by atoms with E-state index in [0.717, 1.165) is 42.6 Å². The molecule has 1 aliphatic heterocycles. The average Bonchev–Trinajstić information content (AvgIpc) is 2.89. The highest BCUT2D eigenvalue weighted by Crippen LogP contribution is 2.52. The Bertz CT molecular complexity index is 929. The zero-order valence-corrected chi connectivity index (χ0v) is 15.4. The molecule has 1 fully saturated rings. The van der Waals surface area contributed by atoms with Crippen LogP contribution in [0.5, 0.6) is 0 Å². The van der Waals surface area contributed by atoms with Gasteiger partial charge in [-0.2, -0.15) is 0 Å². The molecule has 27 heavy (non-hydrogen) atoms. The molecule has 0 saturated heterocycles. The quantitative estimate of drug-likeness (QED) is 0.582. The molecular weight excluding hydrogens is 374 g/mol. The Morgan fingerprint density at radius 1 is 1.26 bits per heavy atom. The van der Waals surface area contributed by atoms with Gasteiger partial charge in [0, 0.05) is 23.7 Å². The van der Waals surface area contributed by atoms with Gasteiger partial charge in [-0.05, 0) is 42.7 Å². The fourth-order valence-corrected chi connectivity index (χ4v) is 3.47. The first-order valence-electron chi connectivity index (χ1n) is 8.33. The van der Waals surface area contributed by atoms with Gasteiger partial charge in [0.25, 0.3) is 0 Å². The number of fused-ring (bicyclic) bond motifs is 2. The van der Waals surface area contributed by atoms with Crippen LogP contribution in [0, 0.1) is 11.6 Å². The van der Waals surface area contributed by atoms with E-state index in [1.807, 2.05) is 6.07 Å². The topological polar surface area (TPSA) is 78.4 Å². The van der Waals surface area contributed by atoms with Gasteiger partial charge in [0.2, 0.25) is 5.91 Å². The minimum Gasteiger partial charge on any atom is -0.478 e. The second-order valence-electron chi connectivity index (χ2n) is 6.49. The summed E-state index contributed by atoms with van der Waals surface area (Å²) in [6.07, 6.45) is 2.62. The summed E-state index contributed by atoms with van der Waals surface area (Å²) in [6.45, 7) is 0. The van der Waals surface area contributed by atoms with Gasteiger partial charge in [0.1, 0.15) is 11.6 Å². The summed E-state index contributed by atoms with van der Waals surface area (Å²) in [5.74, 6) is -2.27. The molecule has 5 nitrogen and oxygen atoms in total. The van der Waals surface area contributed by atoms with Crippen molar-refractivity contribution in [3.8, 4) is 0 Å². The number of thiol groups is 1. The number of carboxylic acids is 1. The molecule has 1 heterocycles. The number of hydrogen-bond acceptors (Lipinski definition) is 4. The Balaban J connectivity index is 0.000000197. The number of aromatic carboxylic acids is 1. The second-order valence-corrected chi connectivity index (χ2v) is 6.97. The molecule has 1 saturated carbocycles. The lowest BCUT2D eigenvalue weighted by atomic mass is 9.65. The molecule has 2 aromatic carbocycles. The Hall–Kier alpha value is -2.61. The monoisotopic (exact) mass is 392 g/mol. The van der Waals surface area contributed by atoms with Crippen LogP contribution in [0.3, 0.4) is 0 Å². The summed E-state index contributed by atoms with van der Waals surface area (Å²) >= 11 is 3.70. The van der Waals surface area contributed by atoms with Gasteiger partial charge < -0.3 is 15.7 Å². The molecule has 0 bridgehead atoms. The van der Waals surface area contributed by atoms with Crippen LogP contribution in [0.1, 0.15) is 35.2 Å². The number of hydrogen-bond donors (Lipinski definition) is 4. The molecule has 0 atom stereocenters. The number of anilines is 2. The number of amides is 1. The van der Waals surface area contributed by atoms with Crippen LogP contribution in [0.15, 0.2) is 35.2 Å². The average molecular weight is 392 g/mol. The fraction of sp³-hybridized carbons (Fsp3) is 0.263. The molecule has 0 unspecified atom stereocenters. The maximum absolute atomic E-state index is 12.3. The molecule has 142 valence electrons. The highest BCUT2D eigenvalue weighted by Gasteiger charge is 2.52. The maximum Gasteiger partial charge on any atom is 0.337 e. The molecule has 0 aromatic heterocycles. The minimum absolute atomic E-state index is 0.0560. The van der Waals surface area contributed by atoms with Gasteiger partial charge in [-0.15, -0.1) is 12.6 Å². The third-order valence-corrected chi connectivity index (χ3v) is 5.33. The second kappa shape index (κ2) is 7.19. The Morgan fingerprint density at radius 3 is 2.44 bits per heavy atom. The van der Waals surface area contributed by atoms with Crippen LogP contribution in [-0.2, 0) is 10.2 Å². The first kappa shape index (κ1) is 19.2. The number of rotatable bonds is 2. The third-order valence-electron chi connectivity index (χ3n) is 4.96. The van der Waals surface area contributed by atoms with Gasteiger partial charge in [-0.3, -0.25) is 4.79 Å². The summed E-state index contributed by atoms with van der Waals surface area (Å²) in [5, 5.41) is 14.9. The molecule has 0 radical (unpaired) electrons. The summed E-state index contributed by atoms with van der Waals surface area (Å²) in [6, 6.07) is 6.67. The first-order valence-corrected chi connectivity index (χ1v) is 8.78. The van der Waals surface area contributed by atoms with Crippen LogP contribution < -0.4 is 10.6 Å². The lowest BCUT2D eigenvalue weighted by Gasteiger charge is -2.36. The predicted molar refractivity (Wildman–Crippen MR) is 101 cm³/mol. The Morgan fingerprint density at radius 2 is 1.96 bits per heavy atom. The summed E-state index contributed by atoms with van der Waals surface area (Å²) < 4.78 is 24.3. The van der Waals surface area contributed by atoms with Crippen molar-refractivity contribution >= 4 is 35.9 Å². The van der Waals surface area contributed by atoms with Gasteiger partial charge in [-0.25, -0.2) is 13.6 Å². The van der Waals surface area contributed by atoms with E-state index in [0.29, 0.717) is 5.69 Å². The van der Waals surface area contributed by atoms with Crippen LogP contribution in [0.2, 0.25) is 0 Å². The molecular formula is C19H18F2N2O3S. The zero-order valence-electron chi connectivity index (χ0n) is 14.5. The molecule has 4 rings (SSSR count). The first-order chi connectivity index (χ1) is 12.8. The molecule has 2 aliphatic rings. The van der Waals surface area contributed by atoms with Crippen LogP contribution in [0.25, 0.3) is 0 Å². The Kier molecular flexibility index (Phi) is 5.10. The normalized spacial score (nSPS) is 15.9. The summed E-state index contributed by atoms with van der Waals surface area (Å²) in [4.78, 5) is 23.5. The largest absolute Gasteiger partial charge is 0.478 e. The maximum atomic E-state index is 12.3. The van der Waals surface area contributed by atoms with Gasteiger partial charge >= 0.3 is 5.97 Å². The van der Waals surface area contributed by atoms with Gasteiger partial charge in [0.05, 0.1) is 16.7 Å². The van der Waals surface area contributed by atoms with Crippen LogP contribution >= 0.6 is 12.6 Å².